The molecular formula is C24H27ClN2O3S. The topological polar surface area (TPSA) is 53.0 Å². The number of benzene rings is 3. The third-order valence-corrected chi connectivity index (χ3v) is 6.86. The number of hydrogen-bond donors (Lipinski definition) is 1. The van der Waals surface area contributed by atoms with Crippen LogP contribution >= 0.6 is 24.2 Å². The molecule has 0 saturated heterocycles. The van der Waals surface area contributed by atoms with Crippen molar-refractivity contribution in [2.75, 3.05) is 39.2 Å². The van der Waals surface area contributed by atoms with Crippen molar-refractivity contribution in [1.82, 2.24) is 4.90 Å². The van der Waals surface area contributed by atoms with E-state index in [9.17, 15) is 9.90 Å². The Hall–Kier alpha value is -2.25. The monoisotopic (exact) mass is 458 g/mol. The number of halogens is 1. The Labute approximate surface area is 193 Å². The molecule has 0 fully saturated rings. The van der Waals surface area contributed by atoms with Gasteiger partial charge in [0.25, 0.3) is 5.91 Å². The average molecular weight is 459 g/mol. The highest BCUT2D eigenvalue weighted by Gasteiger charge is 2.37. The van der Waals surface area contributed by atoms with Gasteiger partial charge in [-0.3, -0.25) is 4.79 Å². The fourth-order valence-electron chi connectivity index (χ4n) is 3.74. The van der Waals surface area contributed by atoms with E-state index in [1.807, 2.05) is 67.5 Å². The van der Waals surface area contributed by atoms with Crippen molar-refractivity contribution >= 4 is 46.5 Å². The van der Waals surface area contributed by atoms with E-state index in [4.69, 9.17) is 4.74 Å². The molecule has 1 amide bonds. The summed E-state index contributed by atoms with van der Waals surface area (Å²) in [5.74, 6) is 0.482. The van der Waals surface area contributed by atoms with Crippen LogP contribution in [0.3, 0.4) is 0 Å². The van der Waals surface area contributed by atoms with Crippen LogP contribution in [0.5, 0.6) is 5.75 Å². The van der Waals surface area contributed by atoms with Crippen LogP contribution in [0.2, 0.25) is 0 Å². The number of hydrogen-bond acceptors (Lipinski definition) is 5. The SMILES string of the molecule is COc1ccc([C@@H]2Sc3c(ccc4ccccc34)N(CCN(C)C)C(=O)[C@H]2O)cc1.Cl. The number of amides is 1. The zero-order chi connectivity index (χ0) is 21.3. The number of fused-ring (bicyclic) bond motifs is 3. The van der Waals surface area contributed by atoms with Crippen LogP contribution in [-0.2, 0) is 4.79 Å². The maximum absolute atomic E-state index is 13.4. The molecule has 2 atom stereocenters. The first kappa shape index (κ1) is 23.4. The van der Waals surface area contributed by atoms with Crippen molar-refractivity contribution in [2.45, 2.75) is 16.2 Å². The number of thioether (sulfide) groups is 1. The molecule has 1 aliphatic rings. The number of nitrogens with zero attached hydrogens (tertiary/aromatic N) is 2. The molecule has 164 valence electrons. The summed E-state index contributed by atoms with van der Waals surface area (Å²) < 4.78 is 5.27. The smallest absolute Gasteiger partial charge is 0.257 e. The van der Waals surface area contributed by atoms with Gasteiger partial charge in [0.2, 0.25) is 0 Å². The number of anilines is 1. The molecule has 0 saturated carbocycles. The molecule has 0 spiro atoms. The number of aliphatic hydroxyl groups is 1. The standard InChI is InChI=1S/C24H26N2O3S.ClH/c1-25(2)14-15-26-20-13-10-16-6-4-5-7-19(16)23(20)30-22(21(27)24(26)28)17-8-11-18(29-3)12-9-17;/h4-13,21-22,27H,14-15H2,1-3H3;1H/t21-,22-;/m0./s1. The molecule has 1 N–H and O–H groups in total. The molecule has 5 nitrogen and oxygen atoms in total. The normalized spacial score (nSPS) is 18.5. The Kier molecular flexibility index (Phi) is 7.49. The van der Waals surface area contributed by atoms with Gasteiger partial charge < -0.3 is 19.6 Å². The first-order valence-corrected chi connectivity index (χ1v) is 10.8. The van der Waals surface area contributed by atoms with Crippen LogP contribution < -0.4 is 9.64 Å². The van der Waals surface area contributed by atoms with E-state index in [2.05, 4.69) is 12.1 Å². The van der Waals surface area contributed by atoms with Gasteiger partial charge in [0.05, 0.1) is 18.0 Å². The highest BCUT2D eigenvalue weighted by Crippen LogP contribution is 2.48. The van der Waals surface area contributed by atoms with E-state index in [0.717, 1.165) is 32.7 Å². The molecular weight excluding hydrogens is 432 g/mol. The summed E-state index contributed by atoms with van der Waals surface area (Å²) in [6.07, 6.45) is -1.14. The second-order valence-corrected chi connectivity index (χ2v) is 8.84. The highest BCUT2D eigenvalue weighted by molar-refractivity contribution is 8.00. The summed E-state index contributed by atoms with van der Waals surface area (Å²) >= 11 is 1.56. The summed E-state index contributed by atoms with van der Waals surface area (Å²) in [7, 11) is 5.59. The molecule has 0 unspecified atom stereocenters. The molecule has 7 heteroatoms. The predicted octanol–water partition coefficient (Wildman–Crippen LogP) is 4.37. The maximum Gasteiger partial charge on any atom is 0.257 e. The Balaban J connectivity index is 0.00000272. The number of aliphatic hydroxyl groups excluding tert-OH is 1. The molecule has 0 aromatic heterocycles. The molecule has 0 bridgehead atoms. The summed E-state index contributed by atoms with van der Waals surface area (Å²) in [5, 5.41) is 12.9. The number of ether oxygens (including phenoxy) is 1. The summed E-state index contributed by atoms with van der Waals surface area (Å²) in [5.41, 5.74) is 1.76. The first-order valence-electron chi connectivity index (χ1n) is 9.96. The minimum Gasteiger partial charge on any atom is -0.497 e. The second-order valence-electron chi connectivity index (χ2n) is 7.68. The molecule has 0 aliphatic carbocycles. The molecule has 0 radical (unpaired) electrons. The van der Waals surface area contributed by atoms with Crippen LogP contribution in [0.15, 0.2) is 65.6 Å². The van der Waals surface area contributed by atoms with Crippen LogP contribution in [0.4, 0.5) is 5.69 Å². The number of methoxy groups -OCH3 is 1. The minimum absolute atomic E-state index is 0. The van der Waals surface area contributed by atoms with Crippen molar-refractivity contribution in [3.63, 3.8) is 0 Å². The van der Waals surface area contributed by atoms with Gasteiger partial charge >= 0.3 is 0 Å². The van der Waals surface area contributed by atoms with E-state index in [1.54, 1.807) is 23.8 Å². The quantitative estimate of drug-likeness (QED) is 0.615. The fraction of sp³-hybridized carbons (Fsp3) is 0.292. The van der Waals surface area contributed by atoms with Gasteiger partial charge in [0.1, 0.15) is 11.9 Å². The van der Waals surface area contributed by atoms with Gasteiger partial charge in [-0.15, -0.1) is 24.2 Å². The zero-order valence-corrected chi connectivity index (χ0v) is 19.5. The lowest BCUT2D eigenvalue weighted by Crippen LogP contribution is -2.43. The number of rotatable bonds is 5. The van der Waals surface area contributed by atoms with Gasteiger partial charge in [-0.05, 0) is 48.6 Å². The fourth-order valence-corrected chi connectivity index (χ4v) is 5.15. The average Bonchev–Trinajstić information content (AvgIpc) is 2.87. The van der Waals surface area contributed by atoms with E-state index in [1.165, 1.54) is 0 Å². The summed E-state index contributed by atoms with van der Waals surface area (Å²) in [4.78, 5) is 18.2. The number of carbonyl (C=O) groups is 1. The Morgan fingerprint density at radius 3 is 2.45 bits per heavy atom. The van der Waals surface area contributed by atoms with Crippen molar-refractivity contribution in [1.29, 1.82) is 0 Å². The van der Waals surface area contributed by atoms with Crippen LogP contribution in [-0.4, -0.2) is 56.3 Å². The van der Waals surface area contributed by atoms with Gasteiger partial charge in [-0.2, -0.15) is 0 Å². The first-order chi connectivity index (χ1) is 14.5. The molecule has 31 heavy (non-hydrogen) atoms. The predicted molar refractivity (Wildman–Crippen MR) is 130 cm³/mol. The maximum atomic E-state index is 13.4. The number of carbonyl (C=O) groups excluding carboxylic acids is 1. The minimum atomic E-state index is -1.14. The lowest BCUT2D eigenvalue weighted by molar-refractivity contribution is -0.126. The van der Waals surface area contributed by atoms with Crippen molar-refractivity contribution < 1.29 is 14.6 Å². The summed E-state index contributed by atoms with van der Waals surface area (Å²) in [6, 6.07) is 19.8. The lowest BCUT2D eigenvalue weighted by Gasteiger charge is -2.26. The number of likely N-dealkylation sites (N-methyl/N-ethyl adjacent to an activating group) is 1. The van der Waals surface area contributed by atoms with Crippen LogP contribution in [0.25, 0.3) is 10.8 Å². The van der Waals surface area contributed by atoms with Crippen molar-refractivity contribution in [3.8, 4) is 5.75 Å². The third kappa shape index (κ3) is 4.67. The van der Waals surface area contributed by atoms with Gasteiger partial charge in [0, 0.05) is 18.0 Å². The zero-order valence-electron chi connectivity index (χ0n) is 17.8. The van der Waals surface area contributed by atoms with E-state index in [-0.39, 0.29) is 18.3 Å². The summed E-state index contributed by atoms with van der Waals surface area (Å²) in [6.45, 7) is 1.23. The Morgan fingerprint density at radius 2 is 1.77 bits per heavy atom. The van der Waals surface area contributed by atoms with Gasteiger partial charge in [-0.1, -0.05) is 42.5 Å². The lowest BCUT2D eigenvalue weighted by atomic mass is 10.1. The molecule has 1 heterocycles. The molecule has 4 rings (SSSR count). The van der Waals surface area contributed by atoms with E-state index in [0.29, 0.717) is 13.1 Å². The Bertz CT molecular complexity index is 1060. The van der Waals surface area contributed by atoms with Crippen molar-refractivity contribution in [3.05, 3.63) is 66.2 Å². The van der Waals surface area contributed by atoms with Gasteiger partial charge in [0.15, 0.2) is 0 Å². The van der Waals surface area contributed by atoms with Crippen molar-refractivity contribution in [2.24, 2.45) is 0 Å². The second kappa shape index (κ2) is 9.92. The molecule has 3 aromatic rings. The van der Waals surface area contributed by atoms with Crippen LogP contribution in [0.1, 0.15) is 10.8 Å². The Morgan fingerprint density at radius 1 is 1.06 bits per heavy atom. The van der Waals surface area contributed by atoms with Crippen LogP contribution in [0, 0.1) is 0 Å². The highest BCUT2D eigenvalue weighted by atomic mass is 35.5. The van der Waals surface area contributed by atoms with E-state index >= 15 is 0 Å². The largest absolute Gasteiger partial charge is 0.497 e. The molecule has 1 aliphatic heterocycles. The third-order valence-electron chi connectivity index (χ3n) is 5.42. The molecule has 3 aromatic carbocycles. The van der Waals surface area contributed by atoms with Gasteiger partial charge in [-0.25, -0.2) is 0 Å². The van der Waals surface area contributed by atoms with E-state index < -0.39 is 11.4 Å².